The molecule has 1 aromatic rings. The monoisotopic (exact) mass is 247 g/mol. The summed E-state index contributed by atoms with van der Waals surface area (Å²) < 4.78 is 5.28. The Hall–Kier alpha value is -0.600. The molecule has 0 aliphatic carbocycles. The maximum atomic E-state index is 5.90. The molecule has 15 heavy (non-hydrogen) atoms. The van der Waals surface area contributed by atoms with Gasteiger partial charge >= 0.3 is 0 Å². The molecule has 0 fully saturated rings. The number of anilines is 1. The summed E-state index contributed by atoms with van der Waals surface area (Å²) in [4.78, 5) is 0. The molecule has 0 saturated heterocycles. The Morgan fingerprint density at radius 1 is 1.13 bits per heavy atom. The summed E-state index contributed by atoms with van der Waals surface area (Å²) in [7, 11) is 1.65. The Bertz CT molecular complexity index is 329. The third-order valence-electron chi connectivity index (χ3n) is 2.33. The van der Waals surface area contributed by atoms with Crippen LogP contribution in [0.25, 0.3) is 0 Å². The van der Waals surface area contributed by atoms with E-state index in [1.165, 1.54) is 0 Å². The molecule has 0 aliphatic heterocycles. The summed E-state index contributed by atoms with van der Waals surface area (Å²) in [6, 6.07) is 3.72. The molecule has 0 unspecified atom stereocenters. The first-order chi connectivity index (χ1) is 7.24. The second-order valence-electron chi connectivity index (χ2n) is 3.19. The molecule has 4 heteroatoms. The molecule has 0 aliphatic rings. The number of hydrogen-bond donors (Lipinski definition) is 1. The average molecular weight is 248 g/mol. The highest BCUT2D eigenvalue weighted by molar-refractivity contribution is 6.18. The first-order valence-corrected chi connectivity index (χ1v) is 5.87. The number of nitrogen functional groups attached to an aromatic ring is 1. The fraction of sp³-hybridized carbons (Fsp3) is 0.455. The summed E-state index contributed by atoms with van der Waals surface area (Å²) in [6.07, 6.45) is 1.50. The number of benzene rings is 1. The van der Waals surface area contributed by atoms with E-state index >= 15 is 0 Å². The number of alkyl halides is 2. The van der Waals surface area contributed by atoms with Crippen molar-refractivity contribution in [1.82, 2.24) is 0 Å². The first-order valence-electron chi connectivity index (χ1n) is 4.80. The van der Waals surface area contributed by atoms with Crippen LogP contribution >= 0.6 is 23.2 Å². The zero-order chi connectivity index (χ0) is 11.3. The SMILES string of the molecule is COc1ccc(N)c(CCCl)c1CCCl. The van der Waals surface area contributed by atoms with Gasteiger partial charge in [0.1, 0.15) is 5.75 Å². The predicted octanol–water partition coefficient (Wildman–Crippen LogP) is 2.84. The molecular formula is C11H15Cl2NO. The maximum absolute atomic E-state index is 5.90. The van der Waals surface area contributed by atoms with Crippen molar-refractivity contribution in [2.75, 3.05) is 24.6 Å². The lowest BCUT2D eigenvalue weighted by Crippen LogP contribution is -2.04. The Labute approximate surface area is 100 Å². The van der Waals surface area contributed by atoms with Gasteiger partial charge in [0.15, 0.2) is 0 Å². The number of halogens is 2. The first kappa shape index (κ1) is 12.5. The molecule has 0 bridgehead atoms. The third-order valence-corrected chi connectivity index (χ3v) is 2.71. The summed E-state index contributed by atoms with van der Waals surface area (Å²) in [6.45, 7) is 0. The molecule has 0 amide bonds. The van der Waals surface area contributed by atoms with Gasteiger partial charge in [0.05, 0.1) is 7.11 Å². The van der Waals surface area contributed by atoms with E-state index in [1.54, 1.807) is 7.11 Å². The lowest BCUT2D eigenvalue weighted by atomic mass is 10.00. The third kappa shape index (κ3) is 2.93. The number of rotatable bonds is 5. The van der Waals surface area contributed by atoms with E-state index in [-0.39, 0.29) is 0 Å². The van der Waals surface area contributed by atoms with Gasteiger partial charge in [0, 0.05) is 23.0 Å². The van der Waals surface area contributed by atoms with Crippen molar-refractivity contribution in [2.24, 2.45) is 0 Å². The van der Waals surface area contributed by atoms with Crippen LogP contribution in [0, 0.1) is 0 Å². The fourth-order valence-electron chi connectivity index (χ4n) is 1.64. The van der Waals surface area contributed by atoms with Crippen LogP contribution in [0.5, 0.6) is 5.75 Å². The van der Waals surface area contributed by atoms with E-state index in [2.05, 4.69) is 0 Å². The van der Waals surface area contributed by atoms with E-state index in [1.807, 2.05) is 12.1 Å². The highest BCUT2D eigenvalue weighted by atomic mass is 35.5. The lowest BCUT2D eigenvalue weighted by Gasteiger charge is -2.14. The van der Waals surface area contributed by atoms with Crippen molar-refractivity contribution in [1.29, 1.82) is 0 Å². The summed E-state index contributed by atoms with van der Waals surface area (Å²) in [5, 5.41) is 0. The Kier molecular flexibility index (Phi) is 5.06. The van der Waals surface area contributed by atoms with Crippen molar-refractivity contribution in [3.8, 4) is 5.75 Å². The normalized spacial score (nSPS) is 10.3. The highest BCUT2D eigenvalue weighted by Crippen LogP contribution is 2.28. The molecule has 0 aromatic heterocycles. The van der Waals surface area contributed by atoms with Gasteiger partial charge in [-0.05, 0) is 30.5 Å². The van der Waals surface area contributed by atoms with E-state index in [4.69, 9.17) is 33.7 Å². The van der Waals surface area contributed by atoms with Gasteiger partial charge in [-0.1, -0.05) is 0 Å². The molecule has 1 rings (SSSR count). The largest absolute Gasteiger partial charge is 0.496 e. The van der Waals surface area contributed by atoms with E-state index in [9.17, 15) is 0 Å². The minimum atomic E-state index is 0.548. The molecule has 0 heterocycles. The van der Waals surface area contributed by atoms with Gasteiger partial charge in [-0.3, -0.25) is 0 Å². The van der Waals surface area contributed by atoms with Crippen molar-refractivity contribution >= 4 is 28.9 Å². The van der Waals surface area contributed by atoms with Crippen LogP contribution in [0.15, 0.2) is 12.1 Å². The molecular weight excluding hydrogens is 233 g/mol. The van der Waals surface area contributed by atoms with Gasteiger partial charge in [-0.15, -0.1) is 23.2 Å². The van der Waals surface area contributed by atoms with Crippen LogP contribution in [-0.4, -0.2) is 18.9 Å². The molecule has 0 spiro atoms. The summed E-state index contributed by atoms with van der Waals surface area (Å²) in [5.74, 6) is 1.94. The number of nitrogens with two attached hydrogens (primary N) is 1. The molecule has 2 N–H and O–H groups in total. The highest BCUT2D eigenvalue weighted by Gasteiger charge is 2.11. The van der Waals surface area contributed by atoms with Gasteiger partial charge in [-0.2, -0.15) is 0 Å². The summed E-state index contributed by atoms with van der Waals surface area (Å²) >= 11 is 11.5. The van der Waals surface area contributed by atoms with Gasteiger partial charge in [0.25, 0.3) is 0 Å². The molecule has 0 atom stereocenters. The van der Waals surface area contributed by atoms with E-state index < -0.39 is 0 Å². The van der Waals surface area contributed by atoms with Crippen LogP contribution in [0.4, 0.5) is 5.69 Å². The topological polar surface area (TPSA) is 35.2 Å². The number of methoxy groups -OCH3 is 1. The zero-order valence-corrected chi connectivity index (χ0v) is 10.2. The maximum Gasteiger partial charge on any atom is 0.122 e. The Morgan fingerprint density at radius 3 is 2.27 bits per heavy atom. The van der Waals surface area contributed by atoms with Crippen LogP contribution < -0.4 is 10.5 Å². The Balaban J connectivity index is 3.17. The zero-order valence-electron chi connectivity index (χ0n) is 8.72. The molecule has 84 valence electrons. The predicted molar refractivity (Wildman–Crippen MR) is 66.3 cm³/mol. The second kappa shape index (κ2) is 6.09. The van der Waals surface area contributed by atoms with Crippen molar-refractivity contribution in [2.45, 2.75) is 12.8 Å². The van der Waals surface area contributed by atoms with Gasteiger partial charge in [0.2, 0.25) is 0 Å². The minimum absolute atomic E-state index is 0.548. The van der Waals surface area contributed by atoms with Gasteiger partial charge < -0.3 is 10.5 Å². The molecule has 1 aromatic carbocycles. The average Bonchev–Trinajstić information content (AvgIpc) is 2.24. The Morgan fingerprint density at radius 2 is 1.73 bits per heavy atom. The quantitative estimate of drug-likeness (QED) is 0.642. The smallest absolute Gasteiger partial charge is 0.122 e. The molecule has 0 radical (unpaired) electrons. The van der Waals surface area contributed by atoms with Crippen LogP contribution in [0.3, 0.4) is 0 Å². The molecule has 2 nitrogen and oxygen atoms in total. The fourth-order valence-corrected chi connectivity index (χ4v) is 2.02. The summed E-state index contributed by atoms with van der Waals surface area (Å²) in [5.41, 5.74) is 8.80. The minimum Gasteiger partial charge on any atom is -0.496 e. The van der Waals surface area contributed by atoms with Crippen LogP contribution in [-0.2, 0) is 12.8 Å². The second-order valence-corrected chi connectivity index (χ2v) is 3.95. The standard InChI is InChI=1S/C11H15Cl2NO/c1-15-11-3-2-10(14)8(4-6-12)9(11)5-7-13/h2-3H,4-7,14H2,1H3. The molecule has 0 saturated carbocycles. The van der Waals surface area contributed by atoms with E-state index in [0.29, 0.717) is 11.8 Å². The van der Waals surface area contributed by atoms with Crippen LogP contribution in [0.2, 0.25) is 0 Å². The van der Waals surface area contributed by atoms with Crippen molar-refractivity contribution in [3.63, 3.8) is 0 Å². The number of ether oxygens (including phenoxy) is 1. The lowest BCUT2D eigenvalue weighted by molar-refractivity contribution is 0.409. The van der Waals surface area contributed by atoms with E-state index in [0.717, 1.165) is 35.4 Å². The van der Waals surface area contributed by atoms with Crippen molar-refractivity contribution in [3.05, 3.63) is 23.3 Å². The van der Waals surface area contributed by atoms with Gasteiger partial charge in [-0.25, -0.2) is 0 Å². The van der Waals surface area contributed by atoms with Crippen LogP contribution in [0.1, 0.15) is 11.1 Å². The number of hydrogen-bond acceptors (Lipinski definition) is 2. The van der Waals surface area contributed by atoms with Crippen molar-refractivity contribution < 1.29 is 4.74 Å².